The molecule has 0 aliphatic carbocycles. The monoisotopic (exact) mass is 1100 g/mol. The van der Waals surface area contributed by atoms with Gasteiger partial charge < -0.3 is 20.1 Å². The zero-order valence-electron chi connectivity index (χ0n) is 49.9. The van der Waals surface area contributed by atoms with E-state index in [-0.39, 0.29) is 38.6 Å². The molecule has 0 aliphatic rings. The third-order valence-corrected chi connectivity index (χ3v) is 14.7. The first-order valence-corrected chi connectivity index (χ1v) is 33.6. The van der Waals surface area contributed by atoms with Crippen molar-refractivity contribution in [1.82, 2.24) is 0 Å². The Kier molecular flexibility index (Phi) is 60.1. The van der Waals surface area contributed by atoms with Crippen molar-refractivity contribution in [2.75, 3.05) is 26.4 Å². The summed E-state index contributed by atoms with van der Waals surface area (Å²) in [5.41, 5.74) is 5.39. The number of carbonyl (C=O) groups excluding carboxylic acids is 2. The van der Waals surface area contributed by atoms with Gasteiger partial charge in [0.2, 0.25) is 0 Å². The molecule has 0 amide bonds. The minimum Gasteiger partial charge on any atom is -0.462 e. The fourth-order valence-corrected chi connectivity index (χ4v) is 9.81. The number of phosphoric acid groups is 1. The van der Waals surface area contributed by atoms with Crippen LogP contribution in [0.1, 0.15) is 296 Å². The average molecular weight is 1100 g/mol. The van der Waals surface area contributed by atoms with Crippen LogP contribution in [0.25, 0.3) is 0 Å². The van der Waals surface area contributed by atoms with Crippen LogP contribution in [0.5, 0.6) is 0 Å². The number of unbranched alkanes of at least 4 members (excludes halogenated alkanes) is 33. The van der Waals surface area contributed by atoms with Crippen molar-refractivity contribution < 1.29 is 37.6 Å². The summed E-state index contributed by atoms with van der Waals surface area (Å²) < 4.78 is 33.1. The number of rotatable bonds is 60. The van der Waals surface area contributed by atoms with Crippen LogP contribution in [-0.2, 0) is 32.7 Å². The molecule has 0 radical (unpaired) electrons. The lowest BCUT2D eigenvalue weighted by Crippen LogP contribution is -2.29. The minimum absolute atomic E-state index is 0.0511. The molecule has 10 heteroatoms. The lowest BCUT2D eigenvalue weighted by molar-refractivity contribution is -0.161. The fraction of sp³-hybridized carbons (Fsp3) is 0.761. The lowest BCUT2D eigenvalue weighted by Gasteiger charge is -2.19. The summed E-state index contributed by atoms with van der Waals surface area (Å²) in [6.07, 6.45) is 82.2. The zero-order chi connectivity index (χ0) is 55.9. The van der Waals surface area contributed by atoms with E-state index in [4.69, 9.17) is 24.3 Å². The Morgan fingerprint density at radius 2 is 0.714 bits per heavy atom. The van der Waals surface area contributed by atoms with Crippen molar-refractivity contribution in [1.29, 1.82) is 0 Å². The van der Waals surface area contributed by atoms with Crippen molar-refractivity contribution in [3.63, 3.8) is 0 Å². The van der Waals surface area contributed by atoms with E-state index < -0.39 is 26.5 Å². The average Bonchev–Trinajstić information content (AvgIpc) is 3.42. The van der Waals surface area contributed by atoms with Crippen LogP contribution in [0, 0.1) is 0 Å². The molecular weight excluding hydrogens is 978 g/mol. The third kappa shape index (κ3) is 62.3. The summed E-state index contributed by atoms with van der Waals surface area (Å²) >= 11 is 0. The van der Waals surface area contributed by atoms with Gasteiger partial charge in [-0.1, -0.05) is 279 Å². The number of ether oxygens (including phenoxy) is 2. The standard InChI is InChI=1S/C67H120NO8P/c1-3-5-7-9-11-13-15-17-19-21-23-25-27-29-30-31-32-33-34-36-38-40-42-44-46-48-50-52-54-56-58-60-67(70)76-65(64-75-77(71,72)74-62-61-68)63-73-66(69)59-57-55-53-51-49-47-45-43-41-39-37-35-28-26-24-22-20-18-16-14-12-10-8-6-4-2/h5,7,11,13,16-19,22-25,28,35,65H,3-4,6,8-10,12,14-15,20-21,26-27,29-34,36-64,68H2,1-2H3,(H,71,72)/b7-5-,13-11-,18-16-,19-17-,24-22-,25-23-,35-28-. The summed E-state index contributed by atoms with van der Waals surface area (Å²) in [7, 11) is -4.39. The number of hydrogen-bond donors (Lipinski definition) is 2. The fourth-order valence-electron chi connectivity index (χ4n) is 9.05. The number of esters is 2. The summed E-state index contributed by atoms with van der Waals surface area (Å²) in [5.74, 6) is -0.824. The highest BCUT2D eigenvalue weighted by molar-refractivity contribution is 7.47. The van der Waals surface area contributed by atoms with Crippen molar-refractivity contribution in [2.24, 2.45) is 5.73 Å². The molecule has 0 fully saturated rings. The quantitative estimate of drug-likeness (QED) is 0.0264. The molecule has 0 spiro atoms. The van der Waals surface area contributed by atoms with E-state index in [2.05, 4.69) is 98.9 Å². The van der Waals surface area contributed by atoms with E-state index in [0.29, 0.717) is 6.42 Å². The summed E-state index contributed by atoms with van der Waals surface area (Å²) in [6.45, 7) is 3.65. The van der Waals surface area contributed by atoms with Crippen molar-refractivity contribution >= 4 is 19.8 Å². The van der Waals surface area contributed by atoms with Gasteiger partial charge >= 0.3 is 19.8 Å². The summed E-state index contributed by atoms with van der Waals surface area (Å²) in [4.78, 5) is 35.3. The molecule has 0 rings (SSSR count). The lowest BCUT2D eigenvalue weighted by atomic mass is 10.0. The van der Waals surface area contributed by atoms with Gasteiger partial charge in [-0.05, 0) is 89.9 Å². The second-order valence-corrected chi connectivity index (χ2v) is 22.7. The van der Waals surface area contributed by atoms with Crippen LogP contribution in [0.2, 0.25) is 0 Å². The molecule has 77 heavy (non-hydrogen) atoms. The van der Waals surface area contributed by atoms with E-state index in [9.17, 15) is 19.0 Å². The number of hydrogen-bond acceptors (Lipinski definition) is 8. The molecular formula is C67H120NO8P. The zero-order valence-corrected chi connectivity index (χ0v) is 50.8. The Morgan fingerprint density at radius 3 is 1.06 bits per heavy atom. The van der Waals surface area contributed by atoms with Gasteiger partial charge in [0.15, 0.2) is 6.10 Å². The van der Waals surface area contributed by atoms with E-state index >= 15 is 0 Å². The molecule has 0 aliphatic heterocycles. The van der Waals surface area contributed by atoms with Gasteiger partial charge in [-0.2, -0.15) is 0 Å². The SMILES string of the molecule is CC/C=C\C/C=C\C/C=C\C/C=C\CCCCCCCCCCCCCCCCCCCCC(=O)OC(COC(=O)CCCCCCCCCCCC/C=C\C/C=C\C/C=C\CCCCCCC)COP(=O)(O)OCCN. The van der Waals surface area contributed by atoms with Gasteiger partial charge in [0, 0.05) is 19.4 Å². The first-order valence-electron chi connectivity index (χ1n) is 32.1. The second-order valence-electron chi connectivity index (χ2n) is 21.2. The maximum Gasteiger partial charge on any atom is 0.472 e. The van der Waals surface area contributed by atoms with Crippen molar-refractivity contribution in [3.05, 3.63) is 85.1 Å². The molecule has 446 valence electrons. The van der Waals surface area contributed by atoms with Gasteiger partial charge in [0.25, 0.3) is 0 Å². The normalized spacial score (nSPS) is 13.6. The van der Waals surface area contributed by atoms with Gasteiger partial charge in [-0.15, -0.1) is 0 Å². The summed E-state index contributed by atoms with van der Waals surface area (Å²) in [6, 6.07) is 0. The molecule has 0 bridgehead atoms. The predicted octanol–water partition coefficient (Wildman–Crippen LogP) is 20.6. The molecule has 0 aromatic carbocycles. The smallest absolute Gasteiger partial charge is 0.462 e. The predicted molar refractivity (Wildman–Crippen MR) is 330 cm³/mol. The maximum absolute atomic E-state index is 12.7. The van der Waals surface area contributed by atoms with Crippen LogP contribution in [-0.4, -0.2) is 49.3 Å². The van der Waals surface area contributed by atoms with Crippen LogP contribution in [0.4, 0.5) is 0 Å². The van der Waals surface area contributed by atoms with Gasteiger partial charge in [0.05, 0.1) is 13.2 Å². The Labute approximate surface area is 474 Å². The third-order valence-electron chi connectivity index (χ3n) is 13.8. The van der Waals surface area contributed by atoms with Crippen LogP contribution < -0.4 is 5.73 Å². The second kappa shape index (κ2) is 62.4. The topological polar surface area (TPSA) is 134 Å². The molecule has 2 unspecified atom stereocenters. The first-order chi connectivity index (χ1) is 37.8. The van der Waals surface area contributed by atoms with E-state index in [1.807, 2.05) is 0 Å². The largest absolute Gasteiger partial charge is 0.472 e. The number of carbonyl (C=O) groups is 2. The molecule has 0 saturated carbocycles. The van der Waals surface area contributed by atoms with Crippen molar-refractivity contribution in [3.8, 4) is 0 Å². The Bertz CT molecular complexity index is 1530. The van der Waals surface area contributed by atoms with Gasteiger partial charge in [-0.25, -0.2) is 4.57 Å². The minimum atomic E-state index is -4.39. The van der Waals surface area contributed by atoms with Crippen LogP contribution in [0.3, 0.4) is 0 Å². The molecule has 9 nitrogen and oxygen atoms in total. The Hall–Kier alpha value is -2.81. The maximum atomic E-state index is 12.7. The highest BCUT2D eigenvalue weighted by Gasteiger charge is 2.26. The number of allylic oxidation sites excluding steroid dienone is 14. The van der Waals surface area contributed by atoms with Crippen molar-refractivity contribution in [2.45, 2.75) is 302 Å². The molecule has 0 heterocycles. The number of nitrogens with two attached hydrogens (primary N) is 1. The van der Waals surface area contributed by atoms with E-state index in [1.54, 1.807) is 0 Å². The molecule has 0 saturated heterocycles. The van der Waals surface area contributed by atoms with Crippen LogP contribution in [0.15, 0.2) is 85.1 Å². The Morgan fingerprint density at radius 1 is 0.403 bits per heavy atom. The van der Waals surface area contributed by atoms with Gasteiger partial charge in [0.1, 0.15) is 6.61 Å². The molecule has 0 aromatic heterocycles. The first kappa shape index (κ1) is 74.2. The molecule has 2 atom stereocenters. The number of phosphoric ester groups is 1. The highest BCUT2D eigenvalue weighted by Crippen LogP contribution is 2.43. The molecule has 3 N–H and O–H groups in total. The Balaban J connectivity index is 3.91. The summed E-state index contributed by atoms with van der Waals surface area (Å²) in [5, 5.41) is 0. The van der Waals surface area contributed by atoms with E-state index in [1.165, 1.54) is 186 Å². The van der Waals surface area contributed by atoms with Crippen LogP contribution >= 0.6 is 7.82 Å². The highest BCUT2D eigenvalue weighted by atomic mass is 31.2. The van der Waals surface area contributed by atoms with E-state index in [0.717, 1.165) is 77.0 Å². The molecule has 0 aromatic rings. The van der Waals surface area contributed by atoms with Gasteiger partial charge in [-0.3, -0.25) is 18.6 Å².